The zero-order valence-corrected chi connectivity index (χ0v) is 83.2. The molecule has 29 rings (SSSR count). The van der Waals surface area contributed by atoms with Crippen LogP contribution in [0.5, 0.6) is 0 Å². The van der Waals surface area contributed by atoms with Crippen LogP contribution in [-0.4, -0.2) is 14.5 Å². The van der Waals surface area contributed by atoms with Crippen molar-refractivity contribution in [3.05, 3.63) is 522 Å². The van der Waals surface area contributed by atoms with Crippen LogP contribution in [0, 0.1) is 28.5 Å². The molecule has 706 valence electrons. The van der Waals surface area contributed by atoms with Crippen molar-refractivity contribution in [2.45, 2.75) is 63.2 Å². The highest BCUT2D eigenvalue weighted by Crippen LogP contribution is 2.70. The Morgan fingerprint density at radius 3 is 1.30 bits per heavy atom. The normalized spacial score (nSPS) is 13.7. The van der Waals surface area contributed by atoms with E-state index in [1.165, 1.54) is 44.5 Å². The van der Waals surface area contributed by atoms with Crippen molar-refractivity contribution in [1.82, 2.24) is 14.5 Å². The van der Waals surface area contributed by atoms with Gasteiger partial charge in [-0.3, -0.25) is 9.80 Å². The van der Waals surface area contributed by atoms with Crippen LogP contribution in [0.3, 0.4) is 0 Å². The van der Waals surface area contributed by atoms with Crippen LogP contribution in [0.25, 0.3) is 136 Å². The van der Waals surface area contributed by atoms with E-state index in [9.17, 15) is 10.5 Å². The summed E-state index contributed by atoms with van der Waals surface area (Å²) < 4.78 is 35.7. The van der Waals surface area contributed by atoms with Crippen molar-refractivity contribution < 1.29 is 13.2 Å². The van der Waals surface area contributed by atoms with Crippen LogP contribution >= 0.6 is 11.3 Å². The minimum atomic E-state index is -0.971. The first-order valence-corrected chi connectivity index (χ1v) is 51.4. The Labute approximate surface area is 864 Å². The van der Waals surface area contributed by atoms with E-state index < -0.39 is 10.8 Å². The summed E-state index contributed by atoms with van der Waals surface area (Å²) in [6.07, 6.45) is 3.69. The van der Waals surface area contributed by atoms with Gasteiger partial charge in [0.25, 0.3) is 0 Å². The third kappa shape index (κ3) is 13.1. The molecule has 0 amide bonds. The number of benzene rings is 19. The SMILES string of the molecule is CC(C)(C)c1cccc2c1oc1cc(N(c3ccc4c(c3)sc3c(N(c5ccc6c(c5)oc5c(C(C)(C)C)cccc56)c5ccccc5C#N)cc5c(c34)-c3ccccc3C53c4ccccc4-c4ccccc43)c3ccccc3C#N)ccc12.Fc1cccc2c1C1(c3ccccc3-2)c2ccccc2-c2c1cc(N(c1ccccc1)c1ccccn1)c1c2c2cc(N(c3ccccc3)c3ccccn3)ccc2n1-c1ccccc1. The molecular weight excluding hydrogens is 1840 g/mol. The maximum atomic E-state index is 17.4. The maximum absolute atomic E-state index is 17.4. The highest BCUT2D eigenvalue weighted by atomic mass is 32.1. The fraction of sp³-hybridized carbons (Fsp3) is 0.0735. The molecule has 13 heteroatoms. The second kappa shape index (κ2) is 33.7. The Morgan fingerprint density at radius 2 is 0.738 bits per heavy atom. The number of furan rings is 2. The summed E-state index contributed by atoms with van der Waals surface area (Å²) in [6.45, 7) is 13.3. The quantitative estimate of drug-likeness (QED) is 0.110. The molecule has 0 N–H and O–H groups in total. The molecule has 19 aromatic carbocycles. The molecule has 4 aliphatic rings. The number of rotatable bonds is 13. The van der Waals surface area contributed by atoms with E-state index in [1.807, 2.05) is 103 Å². The van der Waals surface area contributed by atoms with E-state index in [0.717, 1.165) is 210 Å². The number of fused-ring (bicyclic) bond motifs is 34. The number of para-hydroxylation sites is 7. The van der Waals surface area contributed by atoms with Gasteiger partial charge in [-0.2, -0.15) is 10.5 Å². The first-order chi connectivity index (χ1) is 73.1. The third-order valence-electron chi connectivity index (χ3n) is 31.1. The maximum Gasteiger partial charge on any atom is 0.139 e. The molecule has 1 unspecified atom stereocenters. The molecule has 2 spiro atoms. The summed E-state index contributed by atoms with van der Waals surface area (Å²) in [6, 6.07) is 158. The Kier molecular flexibility index (Phi) is 19.9. The monoisotopic (exact) mass is 1930 g/mol. The minimum absolute atomic E-state index is 0.128. The zero-order valence-electron chi connectivity index (χ0n) is 82.4. The van der Waals surface area contributed by atoms with Crippen LogP contribution in [0.2, 0.25) is 0 Å². The number of anilines is 12. The molecule has 0 fully saturated rings. The van der Waals surface area contributed by atoms with Crippen LogP contribution in [0.1, 0.15) is 108 Å². The highest BCUT2D eigenvalue weighted by Gasteiger charge is 2.56. The Bertz CT molecular complexity index is 9850. The minimum Gasteiger partial charge on any atom is -0.456 e. The lowest BCUT2D eigenvalue weighted by Crippen LogP contribution is -2.27. The van der Waals surface area contributed by atoms with Crippen molar-refractivity contribution >= 4 is 166 Å². The van der Waals surface area contributed by atoms with Crippen molar-refractivity contribution in [3.8, 4) is 62.3 Å². The van der Waals surface area contributed by atoms with E-state index in [1.54, 1.807) is 17.4 Å². The predicted molar refractivity (Wildman–Crippen MR) is 608 cm³/mol. The van der Waals surface area contributed by atoms with Gasteiger partial charge in [-0.1, -0.05) is 308 Å². The molecule has 0 saturated heterocycles. The van der Waals surface area contributed by atoms with E-state index in [2.05, 4.69) is 418 Å². The first-order valence-electron chi connectivity index (χ1n) is 50.6. The molecule has 0 saturated carbocycles. The van der Waals surface area contributed by atoms with Gasteiger partial charge in [0.05, 0.1) is 60.4 Å². The van der Waals surface area contributed by atoms with Gasteiger partial charge in [0.1, 0.15) is 51.9 Å². The van der Waals surface area contributed by atoms with Crippen LogP contribution in [0.4, 0.5) is 72.9 Å². The topological polar surface area (TPSA) is 118 Å². The molecule has 1 atom stereocenters. The first kappa shape index (κ1) is 88.0. The average molecular weight is 1940 g/mol. The van der Waals surface area contributed by atoms with E-state index in [-0.39, 0.29) is 16.6 Å². The largest absolute Gasteiger partial charge is 0.456 e. The molecule has 6 aromatic heterocycles. The second-order valence-corrected chi connectivity index (χ2v) is 42.2. The molecule has 6 heterocycles. The standard InChI is InChI=1S/C77H54N4O2S.C59H38FN5/c1-75(2,3)61-29-17-24-54-52-36-33-47(39-67(52)82-72(54)61)80(64-31-15-7-19-45(64)43-78)49-35-38-57-69(41-49)84-74-66(42-63-70(71(57)74)56-23-11-14-28-60(56)77(63)58-26-12-9-21-50(58)51-22-10-13-27-59(51)77)81(65-32-16-8-20-46(65)44-79)48-34-37-53-55-25-18-30-62(76(4,5)6)73(55)83-68(53)40-48;60-50-30-18-27-44-43-25-10-12-28-47(43)59(57(44)50)48-29-13-11-26-45(48)55-49(59)38-52(64(40-21-6-2-7-22-40)54-32-15-17-36-62-54)58-56(55)46-37-42(33-34-51(46)65(58)41-23-8-3-9-24-41)63(39-19-4-1-5-20-39)53-31-14-16-35-61-53/h7-42H,1-6H3;1-38H. The number of halogens is 1. The second-order valence-electron chi connectivity index (χ2n) is 41.2. The van der Waals surface area contributed by atoms with Gasteiger partial charge in [-0.25, -0.2) is 14.4 Å². The smallest absolute Gasteiger partial charge is 0.139 e. The summed E-state index contributed by atoms with van der Waals surface area (Å²) in [4.78, 5) is 18.9. The van der Waals surface area contributed by atoms with Crippen molar-refractivity contribution in [2.24, 2.45) is 0 Å². The summed E-state index contributed by atoms with van der Waals surface area (Å²) >= 11 is 1.76. The van der Waals surface area contributed by atoms with Gasteiger partial charge in [-0.05, 0) is 252 Å². The fourth-order valence-corrected chi connectivity index (χ4v) is 26.3. The lowest BCUT2D eigenvalue weighted by Gasteiger charge is -2.32. The third-order valence-corrected chi connectivity index (χ3v) is 32.3. The molecule has 25 aromatic rings. The Balaban J connectivity index is 0.000000148. The van der Waals surface area contributed by atoms with Crippen molar-refractivity contribution in [3.63, 3.8) is 0 Å². The number of pyridine rings is 2. The highest BCUT2D eigenvalue weighted by molar-refractivity contribution is 7.26. The summed E-state index contributed by atoms with van der Waals surface area (Å²) in [5.41, 5.74) is 34.5. The van der Waals surface area contributed by atoms with Crippen LogP contribution in [0.15, 0.2) is 458 Å². The zero-order chi connectivity index (χ0) is 100. The van der Waals surface area contributed by atoms with Gasteiger partial charge in [-0.15, -0.1) is 11.3 Å². The average Bonchev–Trinajstić information content (AvgIpc) is 1.49. The van der Waals surface area contributed by atoms with Gasteiger partial charge < -0.3 is 23.2 Å². The molecular formula is C136H92FN9O2S. The van der Waals surface area contributed by atoms with Gasteiger partial charge in [0.2, 0.25) is 0 Å². The van der Waals surface area contributed by atoms with Crippen LogP contribution < -0.4 is 19.6 Å². The predicted octanol–water partition coefficient (Wildman–Crippen LogP) is 36.5. The fourth-order valence-electron chi connectivity index (χ4n) is 25.1. The molecule has 0 radical (unpaired) electrons. The van der Waals surface area contributed by atoms with Gasteiger partial charge in [0.15, 0.2) is 0 Å². The summed E-state index contributed by atoms with van der Waals surface area (Å²) in [7, 11) is 0. The van der Waals surface area contributed by atoms with Gasteiger partial charge >= 0.3 is 0 Å². The Morgan fingerprint density at radius 1 is 0.315 bits per heavy atom. The number of aromatic nitrogens is 3. The van der Waals surface area contributed by atoms with E-state index in [4.69, 9.17) is 18.8 Å². The van der Waals surface area contributed by atoms with Gasteiger partial charge in [0, 0.05) is 129 Å². The molecule has 0 bridgehead atoms. The lowest BCUT2D eigenvalue weighted by molar-refractivity contribution is 0.572. The molecule has 11 nitrogen and oxygen atoms in total. The number of thiophene rings is 1. The lowest BCUT2D eigenvalue weighted by atomic mass is 9.70. The van der Waals surface area contributed by atoms with Crippen LogP contribution in [-0.2, 0) is 21.7 Å². The number of nitriles is 2. The van der Waals surface area contributed by atoms with Crippen molar-refractivity contribution in [1.29, 1.82) is 10.5 Å². The van der Waals surface area contributed by atoms with E-state index >= 15 is 4.39 Å². The summed E-state index contributed by atoms with van der Waals surface area (Å²) in [5.74, 6) is 1.34. The molecule has 149 heavy (non-hydrogen) atoms. The van der Waals surface area contributed by atoms with E-state index in [0.29, 0.717) is 16.7 Å². The number of hydrogen-bond acceptors (Lipinski definition) is 11. The molecule has 4 aliphatic carbocycles. The molecule has 0 aliphatic heterocycles. The Hall–Kier alpha value is -18.8. The number of hydrogen-bond donors (Lipinski definition) is 0. The summed E-state index contributed by atoms with van der Waals surface area (Å²) in [5, 5.41) is 30.5. The van der Waals surface area contributed by atoms with Crippen molar-refractivity contribution in [2.75, 3.05) is 19.6 Å². The number of nitrogens with zero attached hydrogens (tertiary/aromatic N) is 9.